The molecule has 1 atom stereocenters. The van der Waals surface area contributed by atoms with E-state index in [4.69, 9.17) is 0 Å². The average molecular weight is 508 g/mol. The van der Waals surface area contributed by atoms with Crippen LogP contribution in [0.4, 0.5) is 28.4 Å². The summed E-state index contributed by atoms with van der Waals surface area (Å²) in [6.07, 6.45) is -2.01. The third-order valence-electron chi connectivity index (χ3n) is 5.78. The van der Waals surface area contributed by atoms with Crippen molar-refractivity contribution in [3.63, 3.8) is 0 Å². The van der Waals surface area contributed by atoms with Gasteiger partial charge in [-0.3, -0.25) is 4.79 Å². The largest absolute Gasteiger partial charge is 0.452 e. The van der Waals surface area contributed by atoms with Crippen LogP contribution >= 0.6 is 11.5 Å². The Morgan fingerprint density at radius 2 is 1.85 bits per heavy atom. The van der Waals surface area contributed by atoms with Gasteiger partial charge in [-0.1, -0.05) is 0 Å². The van der Waals surface area contributed by atoms with Crippen LogP contribution in [-0.4, -0.2) is 66.6 Å². The van der Waals surface area contributed by atoms with Gasteiger partial charge in [0.05, 0.1) is 10.6 Å². The van der Waals surface area contributed by atoms with Crippen LogP contribution in [0.15, 0.2) is 23.1 Å². The lowest BCUT2D eigenvalue weighted by molar-refractivity contribution is -0.144. The quantitative estimate of drug-likeness (QED) is 0.622. The number of halogens is 4. The number of anilines is 2. The minimum absolute atomic E-state index is 0.0501. The molecule has 180 valence electrons. The minimum atomic E-state index is -4.58. The van der Waals surface area contributed by atoms with Gasteiger partial charge in [-0.2, -0.15) is 22.5 Å². The third kappa shape index (κ3) is 5.05. The van der Waals surface area contributed by atoms with Crippen molar-refractivity contribution in [2.45, 2.75) is 42.4 Å². The van der Waals surface area contributed by atoms with Gasteiger partial charge in [-0.25, -0.2) is 12.8 Å². The second-order valence-corrected chi connectivity index (χ2v) is 10.8. The zero-order valence-electron chi connectivity index (χ0n) is 17.5. The molecular formula is C19H21F4N5O3S2. The zero-order chi connectivity index (χ0) is 24.0. The van der Waals surface area contributed by atoms with E-state index in [1.165, 1.54) is 12.1 Å². The summed E-state index contributed by atoms with van der Waals surface area (Å²) in [4.78, 5) is 19.8. The van der Waals surface area contributed by atoms with Crippen molar-refractivity contribution in [3.8, 4) is 0 Å². The maximum atomic E-state index is 14.4. The van der Waals surface area contributed by atoms with Crippen LogP contribution in [0.5, 0.6) is 0 Å². The summed E-state index contributed by atoms with van der Waals surface area (Å²) in [5, 5.41) is 3.07. The smallest absolute Gasteiger partial charge is 0.371 e. The second-order valence-electron chi connectivity index (χ2n) is 8.05. The summed E-state index contributed by atoms with van der Waals surface area (Å²) in [6.45, 7) is 1.36. The van der Waals surface area contributed by atoms with Gasteiger partial charge in [0, 0.05) is 43.5 Å². The fourth-order valence-corrected chi connectivity index (χ4v) is 5.43. The Morgan fingerprint density at radius 1 is 1.15 bits per heavy atom. The first-order valence-electron chi connectivity index (χ1n) is 10.2. The molecule has 3 heterocycles. The molecule has 1 amide bonds. The molecule has 0 saturated carbocycles. The Bertz CT molecular complexity index is 1150. The minimum Gasteiger partial charge on any atom is -0.371 e. The standard InChI is InChI=1S/C19H21F4N5O3S2/c1-33(30,31)12-2-3-14(13(20)10-12)24-15-6-9-28(16(15)29)11-4-7-27(8-5-11)18-25-17(26-32-18)19(21,22)23/h2-3,10-11,15,24H,4-9H2,1H3/t15-/m0/s1. The number of hydrogen-bond acceptors (Lipinski definition) is 8. The third-order valence-corrected chi connectivity index (χ3v) is 7.67. The number of benzene rings is 1. The van der Waals surface area contributed by atoms with Crippen molar-refractivity contribution in [2.24, 2.45) is 0 Å². The molecule has 0 unspecified atom stereocenters. The first-order valence-corrected chi connectivity index (χ1v) is 12.8. The van der Waals surface area contributed by atoms with Crippen LogP contribution in [0.2, 0.25) is 0 Å². The normalized spacial score (nSPS) is 20.5. The van der Waals surface area contributed by atoms with Crippen LogP contribution in [-0.2, 0) is 20.8 Å². The van der Waals surface area contributed by atoms with Crippen LogP contribution in [0, 0.1) is 5.82 Å². The molecule has 1 N–H and O–H groups in total. The molecule has 14 heteroatoms. The predicted molar refractivity (Wildman–Crippen MR) is 113 cm³/mol. The second kappa shape index (κ2) is 8.70. The van der Waals surface area contributed by atoms with E-state index in [0.29, 0.717) is 50.4 Å². The molecule has 2 saturated heterocycles. The highest BCUT2D eigenvalue weighted by atomic mass is 32.2. The molecular weight excluding hydrogens is 486 g/mol. The van der Waals surface area contributed by atoms with E-state index in [0.717, 1.165) is 12.3 Å². The van der Waals surface area contributed by atoms with Gasteiger partial charge >= 0.3 is 6.18 Å². The van der Waals surface area contributed by atoms with E-state index in [1.54, 1.807) is 9.80 Å². The Kier molecular flexibility index (Phi) is 6.24. The monoisotopic (exact) mass is 507 g/mol. The lowest BCUT2D eigenvalue weighted by Gasteiger charge is -2.36. The topological polar surface area (TPSA) is 95.5 Å². The average Bonchev–Trinajstić information content (AvgIpc) is 3.37. The molecule has 2 fully saturated rings. The number of nitrogens with zero attached hydrogens (tertiary/aromatic N) is 4. The van der Waals surface area contributed by atoms with E-state index in [-0.39, 0.29) is 27.7 Å². The van der Waals surface area contributed by atoms with Gasteiger partial charge in [0.25, 0.3) is 0 Å². The number of likely N-dealkylation sites (tertiary alicyclic amines) is 1. The lowest BCUT2D eigenvalue weighted by atomic mass is 10.0. The number of aromatic nitrogens is 2. The number of nitrogens with one attached hydrogen (secondary N) is 1. The van der Waals surface area contributed by atoms with Crippen molar-refractivity contribution in [1.29, 1.82) is 0 Å². The summed E-state index contributed by atoms with van der Waals surface area (Å²) in [6, 6.07) is 2.79. The molecule has 0 radical (unpaired) electrons. The fraction of sp³-hybridized carbons (Fsp3) is 0.526. The molecule has 0 spiro atoms. The summed E-state index contributed by atoms with van der Waals surface area (Å²) >= 11 is 0.703. The summed E-state index contributed by atoms with van der Waals surface area (Å²) in [7, 11) is -3.54. The maximum absolute atomic E-state index is 14.4. The van der Waals surface area contributed by atoms with E-state index >= 15 is 0 Å². The molecule has 8 nitrogen and oxygen atoms in total. The highest BCUT2D eigenvalue weighted by molar-refractivity contribution is 7.90. The highest BCUT2D eigenvalue weighted by Gasteiger charge is 2.39. The Hall–Kier alpha value is -2.48. The SMILES string of the molecule is CS(=O)(=O)c1ccc(N[C@H]2CCN(C3CCN(c4nc(C(F)(F)F)ns4)CC3)C2=O)c(F)c1. The summed E-state index contributed by atoms with van der Waals surface area (Å²) < 4.78 is 79.0. The van der Waals surface area contributed by atoms with Gasteiger partial charge in [-0.15, -0.1) is 0 Å². The highest BCUT2D eigenvalue weighted by Crippen LogP contribution is 2.32. The van der Waals surface area contributed by atoms with Crippen LogP contribution < -0.4 is 10.2 Å². The van der Waals surface area contributed by atoms with Crippen molar-refractivity contribution in [2.75, 3.05) is 36.1 Å². The molecule has 0 aliphatic carbocycles. The van der Waals surface area contributed by atoms with E-state index in [2.05, 4.69) is 14.7 Å². The predicted octanol–water partition coefficient (Wildman–Crippen LogP) is 2.78. The van der Waals surface area contributed by atoms with Gasteiger partial charge in [0.2, 0.25) is 16.9 Å². The van der Waals surface area contributed by atoms with E-state index < -0.39 is 33.7 Å². The van der Waals surface area contributed by atoms with Crippen molar-refractivity contribution >= 4 is 38.1 Å². The number of hydrogen-bond donors (Lipinski definition) is 1. The van der Waals surface area contributed by atoms with Crippen molar-refractivity contribution < 1.29 is 30.8 Å². The Labute approximate surface area is 191 Å². The number of alkyl halides is 3. The fourth-order valence-electron chi connectivity index (χ4n) is 4.06. The van der Waals surface area contributed by atoms with Gasteiger partial charge in [0.1, 0.15) is 11.9 Å². The zero-order valence-corrected chi connectivity index (χ0v) is 19.1. The number of sulfone groups is 1. The molecule has 2 aliphatic rings. The van der Waals surface area contributed by atoms with Gasteiger partial charge < -0.3 is 15.1 Å². The molecule has 1 aromatic heterocycles. The molecule has 4 rings (SSSR count). The first-order chi connectivity index (χ1) is 15.4. The number of rotatable bonds is 5. The number of piperidine rings is 1. The summed E-state index contributed by atoms with van der Waals surface area (Å²) in [5.41, 5.74) is 0.0501. The molecule has 2 aliphatic heterocycles. The van der Waals surface area contributed by atoms with Crippen molar-refractivity contribution in [1.82, 2.24) is 14.3 Å². The number of amides is 1. The first kappa shape index (κ1) is 23.7. The summed E-state index contributed by atoms with van der Waals surface area (Å²) in [5.74, 6) is -2.09. The van der Waals surface area contributed by atoms with Crippen LogP contribution in [0.1, 0.15) is 25.1 Å². The molecule has 1 aromatic carbocycles. The van der Waals surface area contributed by atoms with Gasteiger partial charge in [-0.05, 0) is 37.5 Å². The van der Waals surface area contributed by atoms with E-state index in [1.807, 2.05) is 0 Å². The Balaban J connectivity index is 1.35. The van der Waals surface area contributed by atoms with E-state index in [9.17, 15) is 30.8 Å². The Morgan fingerprint density at radius 3 is 2.42 bits per heavy atom. The lowest BCUT2D eigenvalue weighted by Crippen LogP contribution is -2.47. The van der Waals surface area contributed by atoms with Crippen LogP contribution in [0.3, 0.4) is 0 Å². The van der Waals surface area contributed by atoms with Crippen LogP contribution in [0.25, 0.3) is 0 Å². The molecule has 33 heavy (non-hydrogen) atoms. The molecule has 2 aromatic rings. The number of carbonyl (C=O) groups is 1. The number of carbonyl (C=O) groups excluding carboxylic acids is 1. The van der Waals surface area contributed by atoms with Crippen molar-refractivity contribution in [3.05, 3.63) is 29.8 Å². The maximum Gasteiger partial charge on any atom is 0.452 e. The van der Waals surface area contributed by atoms with Gasteiger partial charge in [0.15, 0.2) is 9.84 Å². The molecule has 0 bridgehead atoms.